The maximum atomic E-state index is 12.1. The second kappa shape index (κ2) is 8.84. The van der Waals surface area contributed by atoms with Gasteiger partial charge in [-0.1, -0.05) is 60.7 Å². The molecule has 2 aliphatic heterocycles. The van der Waals surface area contributed by atoms with E-state index >= 15 is 0 Å². The molecule has 0 N–H and O–H groups in total. The summed E-state index contributed by atoms with van der Waals surface area (Å²) in [7, 11) is 1.37. The Hall–Kier alpha value is -2.25. The van der Waals surface area contributed by atoms with Gasteiger partial charge in [-0.05, 0) is 11.1 Å². The van der Waals surface area contributed by atoms with Crippen LogP contribution in [0.5, 0.6) is 0 Å². The number of methoxy groups -OCH3 is 1. The van der Waals surface area contributed by atoms with Crippen LogP contribution < -0.4 is 0 Å². The molecule has 6 heteroatoms. The number of ether oxygens (including phenoxy) is 4. The number of fused-ring (bicyclic) bond motifs is 2. The fourth-order valence-corrected chi connectivity index (χ4v) is 3.75. The molecule has 0 saturated carbocycles. The zero-order chi connectivity index (χ0) is 19.3. The number of nitrogens with zero attached hydrogens (tertiary/aromatic N) is 1. The summed E-state index contributed by atoms with van der Waals surface area (Å²) in [5, 5.41) is 0. The zero-order valence-corrected chi connectivity index (χ0v) is 15.9. The topological polar surface area (TPSA) is 57.2 Å². The van der Waals surface area contributed by atoms with E-state index in [1.165, 1.54) is 12.7 Å². The van der Waals surface area contributed by atoms with Crippen LogP contribution in [0.1, 0.15) is 11.1 Å². The first-order chi connectivity index (χ1) is 13.7. The third-order valence-corrected chi connectivity index (χ3v) is 5.19. The van der Waals surface area contributed by atoms with Crippen LogP contribution in [0.4, 0.5) is 0 Å². The molecule has 2 heterocycles. The molecule has 0 unspecified atom stereocenters. The van der Waals surface area contributed by atoms with E-state index in [9.17, 15) is 4.79 Å². The molecule has 28 heavy (non-hydrogen) atoms. The molecule has 2 aromatic rings. The van der Waals surface area contributed by atoms with Gasteiger partial charge < -0.3 is 18.9 Å². The molecule has 148 valence electrons. The molecule has 2 saturated heterocycles. The minimum absolute atomic E-state index is 0.102. The van der Waals surface area contributed by atoms with Crippen molar-refractivity contribution in [3.63, 3.8) is 0 Å². The number of carbonyl (C=O) groups excluding carboxylic acids is 1. The SMILES string of the molecule is COC(=O)[C@@H]1O[C@H]2O[C@@H]1CN(Cc1ccccc1)[C@@H]2COCc1ccccc1. The zero-order valence-electron chi connectivity index (χ0n) is 15.9. The van der Waals surface area contributed by atoms with Gasteiger partial charge in [-0.3, -0.25) is 4.90 Å². The average Bonchev–Trinajstić information content (AvgIpc) is 3.09. The maximum Gasteiger partial charge on any atom is 0.337 e. The van der Waals surface area contributed by atoms with Crippen LogP contribution in [0.25, 0.3) is 0 Å². The Bertz CT molecular complexity index is 769. The van der Waals surface area contributed by atoms with Crippen molar-refractivity contribution >= 4 is 5.97 Å². The van der Waals surface area contributed by atoms with Crippen LogP contribution >= 0.6 is 0 Å². The summed E-state index contributed by atoms with van der Waals surface area (Å²) in [6.45, 7) is 2.30. The second-order valence-corrected chi connectivity index (χ2v) is 7.11. The lowest BCUT2D eigenvalue weighted by atomic mass is 10.1. The highest BCUT2D eigenvalue weighted by Gasteiger charge is 2.51. The van der Waals surface area contributed by atoms with Crippen LogP contribution in [0.15, 0.2) is 60.7 Å². The molecule has 2 aliphatic rings. The van der Waals surface area contributed by atoms with Gasteiger partial charge in [0.05, 0.1) is 26.4 Å². The van der Waals surface area contributed by atoms with Gasteiger partial charge in [0.2, 0.25) is 0 Å². The molecule has 0 aromatic heterocycles. The van der Waals surface area contributed by atoms with Crippen molar-refractivity contribution in [3.05, 3.63) is 71.8 Å². The van der Waals surface area contributed by atoms with Crippen LogP contribution in [-0.2, 0) is 36.9 Å². The van der Waals surface area contributed by atoms with E-state index in [1.54, 1.807) is 0 Å². The Labute approximate surface area is 165 Å². The highest BCUT2D eigenvalue weighted by molar-refractivity contribution is 5.75. The van der Waals surface area contributed by atoms with Crippen molar-refractivity contribution in [1.82, 2.24) is 4.90 Å². The molecule has 0 aliphatic carbocycles. The highest BCUT2D eigenvalue weighted by atomic mass is 16.7. The van der Waals surface area contributed by atoms with E-state index in [0.717, 1.165) is 12.1 Å². The largest absolute Gasteiger partial charge is 0.467 e. The van der Waals surface area contributed by atoms with E-state index in [4.69, 9.17) is 18.9 Å². The second-order valence-electron chi connectivity index (χ2n) is 7.11. The lowest BCUT2D eigenvalue weighted by molar-refractivity contribution is -0.170. The molecule has 4 rings (SSSR count). The molecule has 0 amide bonds. The minimum Gasteiger partial charge on any atom is -0.467 e. The van der Waals surface area contributed by atoms with E-state index in [2.05, 4.69) is 17.0 Å². The standard InChI is InChI=1S/C22H25NO5/c1-25-21(24)20-19-13-23(12-16-8-4-2-5-9-16)18(22(27-19)28-20)15-26-14-17-10-6-3-7-11-17/h2-11,18-20,22H,12-15H2,1H3/t18-,19-,20-,22-/m1/s1. The van der Waals surface area contributed by atoms with Crippen molar-refractivity contribution in [3.8, 4) is 0 Å². The van der Waals surface area contributed by atoms with Crippen molar-refractivity contribution in [2.75, 3.05) is 20.3 Å². The molecule has 2 fully saturated rings. The van der Waals surface area contributed by atoms with Crippen molar-refractivity contribution in [1.29, 1.82) is 0 Å². The van der Waals surface area contributed by atoms with Gasteiger partial charge in [-0.25, -0.2) is 4.79 Å². The van der Waals surface area contributed by atoms with Crippen LogP contribution in [-0.4, -0.2) is 55.7 Å². The summed E-state index contributed by atoms with van der Waals surface area (Å²) >= 11 is 0. The first-order valence-electron chi connectivity index (χ1n) is 9.53. The van der Waals surface area contributed by atoms with E-state index in [-0.39, 0.29) is 12.1 Å². The van der Waals surface area contributed by atoms with Gasteiger partial charge >= 0.3 is 5.97 Å². The van der Waals surface area contributed by atoms with Gasteiger partial charge in [-0.15, -0.1) is 0 Å². The number of rotatable bonds is 7. The number of hydrogen-bond donors (Lipinski definition) is 0. The fourth-order valence-electron chi connectivity index (χ4n) is 3.75. The third-order valence-electron chi connectivity index (χ3n) is 5.19. The molecule has 2 aromatic carbocycles. The summed E-state index contributed by atoms with van der Waals surface area (Å²) < 4.78 is 22.7. The number of hydrogen-bond acceptors (Lipinski definition) is 6. The van der Waals surface area contributed by atoms with Gasteiger partial charge in [0.25, 0.3) is 0 Å². The van der Waals surface area contributed by atoms with E-state index < -0.39 is 18.4 Å². The minimum atomic E-state index is -0.688. The monoisotopic (exact) mass is 383 g/mol. The molecule has 0 spiro atoms. The first kappa shape index (κ1) is 19.1. The Morgan fingerprint density at radius 3 is 2.39 bits per heavy atom. The predicted molar refractivity (Wildman–Crippen MR) is 102 cm³/mol. The van der Waals surface area contributed by atoms with Crippen molar-refractivity contribution < 1.29 is 23.7 Å². The van der Waals surface area contributed by atoms with Crippen LogP contribution in [0.2, 0.25) is 0 Å². The lowest BCUT2D eigenvalue weighted by Gasteiger charge is -2.38. The van der Waals surface area contributed by atoms with Crippen molar-refractivity contribution in [2.45, 2.75) is 37.7 Å². The normalized spacial score (nSPS) is 26.9. The van der Waals surface area contributed by atoms with E-state index in [0.29, 0.717) is 19.8 Å². The average molecular weight is 383 g/mol. The summed E-state index contributed by atoms with van der Waals surface area (Å²) in [6, 6.07) is 20.2. The number of esters is 1. The summed E-state index contributed by atoms with van der Waals surface area (Å²) in [4.78, 5) is 14.3. The molecule has 4 atom stereocenters. The number of benzene rings is 2. The predicted octanol–water partition coefficient (Wildman–Crippen LogP) is 2.37. The van der Waals surface area contributed by atoms with Gasteiger partial charge in [-0.2, -0.15) is 0 Å². The third kappa shape index (κ3) is 4.25. The molecular weight excluding hydrogens is 358 g/mol. The maximum absolute atomic E-state index is 12.1. The Morgan fingerprint density at radius 2 is 1.71 bits per heavy atom. The number of carbonyl (C=O) groups is 1. The summed E-state index contributed by atoms with van der Waals surface area (Å²) in [5.74, 6) is -0.391. The van der Waals surface area contributed by atoms with E-state index in [1.807, 2.05) is 48.5 Å². The van der Waals surface area contributed by atoms with Crippen LogP contribution in [0, 0.1) is 0 Å². The summed E-state index contributed by atoms with van der Waals surface area (Å²) in [6.07, 6.45) is -1.53. The van der Waals surface area contributed by atoms with Crippen molar-refractivity contribution in [2.24, 2.45) is 0 Å². The highest BCUT2D eigenvalue weighted by Crippen LogP contribution is 2.32. The number of morpholine rings is 1. The molecule has 0 radical (unpaired) electrons. The van der Waals surface area contributed by atoms with Gasteiger partial charge in [0.15, 0.2) is 12.4 Å². The molecular formula is C22H25NO5. The Morgan fingerprint density at radius 1 is 1.04 bits per heavy atom. The van der Waals surface area contributed by atoms with Gasteiger partial charge in [0.1, 0.15) is 6.10 Å². The van der Waals surface area contributed by atoms with Gasteiger partial charge in [0, 0.05) is 13.1 Å². The lowest BCUT2D eigenvalue weighted by Crippen LogP contribution is -2.53. The van der Waals surface area contributed by atoms with Crippen LogP contribution in [0.3, 0.4) is 0 Å². The Balaban J connectivity index is 1.46. The quantitative estimate of drug-likeness (QED) is 0.685. The first-order valence-corrected chi connectivity index (χ1v) is 9.53. The summed E-state index contributed by atoms with van der Waals surface area (Å²) in [5.41, 5.74) is 2.32. The smallest absolute Gasteiger partial charge is 0.337 e. The molecule has 2 bridgehead atoms. The molecule has 6 nitrogen and oxygen atoms in total. The fraction of sp³-hybridized carbons (Fsp3) is 0.409. The Kier molecular flexibility index (Phi) is 6.02.